The Balaban J connectivity index is 0.000000156. The molecule has 0 radical (unpaired) electrons. The molecule has 0 N–H and O–H groups in total. The molecule has 0 atom stereocenters. The third-order valence-corrected chi connectivity index (χ3v) is 16.7. The van der Waals surface area contributed by atoms with Crippen LogP contribution in [-0.2, 0) is 73.8 Å². The van der Waals surface area contributed by atoms with Crippen LogP contribution in [0.3, 0.4) is 0 Å². The van der Waals surface area contributed by atoms with Gasteiger partial charge < -0.3 is 18.9 Å². The number of thioether (sulfide) groups is 1. The number of rotatable bonds is 8. The van der Waals surface area contributed by atoms with Crippen molar-refractivity contribution in [1.29, 1.82) is 0 Å². The summed E-state index contributed by atoms with van der Waals surface area (Å²) in [5.41, 5.74) is 13.9. The number of benzene rings is 2. The van der Waals surface area contributed by atoms with Crippen molar-refractivity contribution in [3.63, 3.8) is 0 Å². The zero-order valence-electron chi connectivity index (χ0n) is 41.5. The predicted molar refractivity (Wildman–Crippen MR) is 281 cm³/mol. The van der Waals surface area contributed by atoms with Crippen molar-refractivity contribution in [3.8, 4) is 45.0 Å². The topological polar surface area (TPSA) is 182 Å². The van der Waals surface area contributed by atoms with Crippen molar-refractivity contribution >= 4 is 66.4 Å². The second kappa shape index (κ2) is 18.8. The summed E-state index contributed by atoms with van der Waals surface area (Å²) in [6.07, 6.45) is 14.2. The van der Waals surface area contributed by atoms with E-state index in [1.54, 1.807) is 15.4 Å². The molecule has 0 saturated heterocycles. The van der Waals surface area contributed by atoms with E-state index in [4.69, 9.17) is 20.2 Å². The van der Waals surface area contributed by atoms with E-state index in [1.165, 1.54) is 5.57 Å². The molecule has 72 heavy (non-hydrogen) atoms. The number of aromatic nitrogens is 12. The average molecular weight is 1010 g/mol. The molecule has 6 aromatic heterocycles. The monoisotopic (exact) mass is 1010 g/mol. The van der Waals surface area contributed by atoms with Gasteiger partial charge in [0.05, 0.1) is 70.8 Å². The van der Waals surface area contributed by atoms with Gasteiger partial charge in [0.2, 0.25) is 11.8 Å². The van der Waals surface area contributed by atoms with Crippen molar-refractivity contribution in [2.75, 3.05) is 36.1 Å². The molecule has 0 fully saturated rings. The van der Waals surface area contributed by atoms with Crippen LogP contribution in [0, 0.1) is 0 Å². The number of amides is 2. The number of carbonyl (C=O) groups excluding carboxylic acids is 2. The summed E-state index contributed by atoms with van der Waals surface area (Å²) in [5, 5.41) is 20.3. The van der Waals surface area contributed by atoms with Crippen LogP contribution in [-0.4, -0.2) is 124 Å². The molecule has 18 nitrogen and oxygen atoms in total. The number of sulfone groups is 1. The lowest BCUT2D eigenvalue weighted by Crippen LogP contribution is -2.38. The Bertz CT molecular complexity index is 3640. The average Bonchev–Trinajstić information content (AvgIpc) is 4.28. The molecule has 4 aliphatic rings. The van der Waals surface area contributed by atoms with E-state index >= 15 is 0 Å². The first-order chi connectivity index (χ1) is 34.8. The van der Waals surface area contributed by atoms with Gasteiger partial charge in [-0.25, -0.2) is 18.4 Å². The number of nitrogens with zero attached hydrogens (tertiary/aromatic N) is 14. The molecule has 0 bridgehead atoms. The summed E-state index contributed by atoms with van der Waals surface area (Å²) in [6, 6.07) is 12.7. The van der Waals surface area contributed by atoms with E-state index in [1.807, 2.05) is 110 Å². The minimum absolute atomic E-state index is 0.0381. The second-order valence-corrected chi connectivity index (χ2v) is 22.3. The fraction of sp³-hybridized carbons (Fsp3) is 0.385. The lowest BCUT2D eigenvalue weighted by Gasteiger charge is -2.30. The van der Waals surface area contributed by atoms with Gasteiger partial charge in [-0.2, -0.15) is 32.2 Å². The molecule has 2 aromatic carbocycles. The minimum atomic E-state index is -3.05. The van der Waals surface area contributed by atoms with Crippen molar-refractivity contribution in [2.24, 2.45) is 28.2 Å². The number of hydrogen-bond acceptors (Lipinski definition) is 11. The Morgan fingerprint density at radius 3 is 1.54 bits per heavy atom. The molecule has 4 aliphatic heterocycles. The van der Waals surface area contributed by atoms with E-state index in [2.05, 4.69) is 49.7 Å². The smallest absolute Gasteiger partial charge is 0.222 e. The summed E-state index contributed by atoms with van der Waals surface area (Å²) in [7, 11) is 4.65. The highest BCUT2D eigenvalue weighted by Crippen LogP contribution is 2.39. The molecule has 12 rings (SSSR count). The normalized spacial score (nSPS) is 16.6. The highest BCUT2D eigenvalue weighted by atomic mass is 32.2. The zero-order chi connectivity index (χ0) is 50.0. The SMILES string of the molecule is CCC(=O)N1CCn2c(C3=CCS(=O)(=O)CC3)nc(-c3ccc4c(c3)c(-c3cnn(C)c3)nn4C)c2C1.CCC(=O)N1CCn2c(C3=CCSCC3)nc(-c3ccc4c(c3)c(-c3cnn(C)c3)nn4C)c2C1. The van der Waals surface area contributed by atoms with Crippen molar-refractivity contribution in [3.05, 3.63) is 96.4 Å². The number of imidazole rings is 2. The largest absolute Gasteiger partial charge is 0.335 e. The molecule has 0 unspecified atom stereocenters. The molecule has 8 aromatic rings. The quantitative estimate of drug-likeness (QED) is 0.154. The van der Waals surface area contributed by atoms with Crippen LogP contribution in [0.1, 0.15) is 62.6 Å². The van der Waals surface area contributed by atoms with Gasteiger partial charge in [0.15, 0.2) is 9.84 Å². The summed E-state index contributed by atoms with van der Waals surface area (Å²) >= 11 is 1.96. The Hall–Kier alpha value is -7.06. The van der Waals surface area contributed by atoms with Gasteiger partial charge in [0.1, 0.15) is 23.0 Å². The number of allylic oxidation sites excluding steroid dienone is 2. The molecule has 0 spiro atoms. The van der Waals surface area contributed by atoms with E-state index in [-0.39, 0.29) is 23.3 Å². The first-order valence-corrected chi connectivity index (χ1v) is 27.6. The van der Waals surface area contributed by atoms with Gasteiger partial charge in [-0.15, -0.1) is 0 Å². The predicted octanol–water partition coefficient (Wildman–Crippen LogP) is 6.90. The zero-order valence-corrected chi connectivity index (χ0v) is 43.2. The van der Waals surface area contributed by atoms with Gasteiger partial charge in [-0.05, 0) is 54.0 Å². The Kier molecular flexibility index (Phi) is 12.4. The van der Waals surface area contributed by atoms with E-state index in [0.717, 1.165) is 126 Å². The molecule has 372 valence electrons. The van der Waals surface area contributed by atoms with Crippen LogP contribution >= 0.6 is 11.8 Å². The first-order valence-electron chi connectivity index (χ1n) is 24.6. The molecular formula is C52H58N14O4S2. The highest BCUT2D eigenvalue weighted by Gasteiger charge is 2.32. The molecule has 2 amide bonds. The summed E-state index contributed by atoms with van der Waals surface area (Å²) in [6.45, 7) is 7.63. The van der Waals surface area contributed by atoms with Crippen LogP contribution < -0.4 is 0 Å². The van der Waals surface area contributed by atoms with Gasteiger partial charge in [-0.1, -0.05) is 38.1 Å². The van der Waals surface area contributed by atoms with Crippen LogP contribution in [0.15, 0.2) is 73.3 Å². The van der Waals surface area contributed by atoms with Crippen LogP contribution in [0.4, 0.5) is 0 Å². The van der Waals surface area contributed by atoms with Gasteiger partial charge in [0.25, 0.3) is 0 Å². The summed E-state index contributed by atoms with van der Waals surface area (Å²) in [5.74, 6) is 4.51. The van der Waals surface area contributed by atoms with Crippen molar-refractivity contribution in [2.45, 2.75) is 65.7 Å². The third kappa shape index (κ3) is 8.66. The van der Waals surface area contributed by atoms with Crippen LogP contribution in [0.5, 0.6) is 0 Å². The van der Waals surface area contributed by atoms with Crippen LogP contribution in [0.2, 0.25) is 0 Å². The number of carbonyl (C=O) groups is 2. The minimum Gasteiger partial charge on any atom is -0.335 e. The van der Waals surface area contributed by atoms with E-state index in [9.17, 15) is 18.0 Å². The molecule has 10 heterocycles. The molecule has 0 saturated carbocycles. The standard InChI is InChI=1S/C26H29N7O3S.C26H29N7OS/c1-4-23(34)32-9-10-33-22(16-32)25(28-26(33)17-7-11-37(35,36)12-8-17)18-5-6-21-20(13-18)24(29-31(21)3)19-14-27-30(2)15-19;1-4-23(34)32-9-10-33-22(16-32)25(28-26(33)17-7-11-35-12-8-17)18-5-6-21-20(13-18)24(29-31(21)3)19-14-27-30(2)15-19/h5-7,13-15H,4,8-12,16H2,1-3H3;5-7,13-15H,4,8-12,16H2,1-3H3. The maximum atomic E-state index is 12.6. The van der Waals surface area contributed by atoms with Gasteiger partial charge >= 0.3 is 0 Å². The number of hydrogen-bond donors (Lipinski definition) is 0. The van der Waals surface area contributed by atoms with E-state index in [0.29, 0.717) is 45.4 Å². The maximum Gasteiger partial charge on any atom is 0.222 e. The fourth-order valence-corrected chi connectivity index (χ4v) is 12.5. The molecular weight excluding hydrogens is 949 g/mol. The van der Waals surface area contributed by atoms with Crippen molar-refractivity contribution in [1.82, 2.24) is 68.0 Å². The molecule has 20 heteroatoms. The molecule has 0 aliphatic carbocycles. The number of aryl methyl sites for hydroxylation is 4. The van der Waals surface area contributed by atoms with Gasteiger partial charge in [0, 0.05) is 118 Å². The lowest BCUT2D eigenvalue weighted by molar-refractivity contribution is -0.133. The van der Waals surface area contributed by atoms with E-state index < -0.39 is 9.84 Å². The summed E-state index contributed by atoms with van der Waals surface area (Å²) < 4.78 is 36.0. The van der Waals surface area contributed by atoms with Crippen molar-refractivity contribution < 1.29 is 18.0 Å². The lowest BCUT2D eigenvalue weighted by atomic mass is 10.0. The van der Waals surface area contributed by atoms with Gasteiger partial charge in [-0.3, -0.25) is 28.3 Å². The maximum absolute atomic E-state index is 12.6. The Labute approximate surface area is 421 Å². The highest BCUT2D eigenvalue weighted by molar-refractivity contribution is 7.99. The second-order valence-electron chi connectivity index (χ2n) is 19.0. The van der Waals surface area contributed by atoms with Crippen LogP contribution in [0.25, 0.3) is 78.0 Å². The third-order valence-electron chi connectivity index (χ3n) is 14.3. The first kappa shape index (κ1) is 47.3. The Morgan fingerprint density at radius 2 is 1.12 bits per heavy atom. The number of fused-ring (bicyclic) bond motifs is 4. The Morgan fingerprint density at radius 1 is 0.625 bits per heavy atom. The summed E-state index contributed by atoms with van der Waals surface area (Å²) in [4.78, 5) is 39.3. The fourth-order valence-electron chi connectivity index (χ4n) is 10.5.